The van der Waals surface area contributed by atoms with Crippen LogP contribution in [0.25, 0.3) is 0 Å². The van der Waals surface area contributed by atoms with Crippen LogP contribution >= 0.6 is 0 Å². The van der Waals surface area contributed by atoms with Gasteiger partial charge in [-0.05, 0) is 45.0 Å². The zero-order valence-corrected chi connectivity index (χ0v) is 12.5. The first-order valence-electron chi connectivity index (χ1n) is 6.99. The predicted molar refractivity (Wildman–Crippen MR) is 83.1 cm³/mol. The Balaban J connectivity index is 2.01. The summed E-state index contributed by atoms with van der Waals surface area (Å²) in [6.45, 7) is 5.90. The van der Waals surface area contributed by atoms with E-state index in [0.29, 0.717) is 5.56 Å². The summed E-state index contributed by atoms with van der Waals surface area (Å²) >= 11 is 0. The minimum atomic E-state index is -0.0569. The number of carbonyl (C=O) groups is 1. The van der Waals surface area contributed by atoms with E-state index in [2.05, 4.69) is 20.6 Å². The number of hydrogen-bond donors (Lipinski definition) is 2. The second-order valence-corrected chi connectivity index (χ2v) is 5.20. The van der Waals surface area contributed by atoms with Gasteiger partial charge in [-0.15, -0.1) is 0 Å². The van der Waals surface area contributed by atoms with Crippen molar-refractivity contribution in [2.45, 2.75) is 32.9 Å². The zero-order chi connectivity index (χ0) is 15.2. The third kappa shape index (κ3) is 4.27. The average molecular weight is 284 g/mol. The monoisotopic (exact) mass is 284 g/mol. The first-order chi connectivity index (χ1) is 10.1. The highest BCUT2D eigenvalue weighted by molar-refractivity contribution is 5.94. The second-order valence-electron chi connectivity index (χ2n) is 5.20. The highest BCUT2D eigenvalue weighted by Gasteiger charge is 2.09. The van der Waals surface area contributed by atoms with Crippen LogP contribution in [0.1, 0.15) is 42.9 Å². The van der Waals surface area contributed by atoms with Crippen LogP contribution in [0.3, 0.4) is 0 Å². The maximum atomic E-state index is 11.9. The summed E-state index contributed by atoms with van der Waals surface area (Å²) in [4.78, 5) is 20.2. The smallest absolute Gasteiger partial charge is 0.251 e. The molecule has 1 aromatic heterocycles. The van der Waals surface area contributed by atoms with E-state index in [4.69, 9.17) is 0 Å². The molecule has 2 rings (SSSR count). The maximum Gasteiger partial charge on any atom is 0.251 e. The van der Waals surface area contributed by atoms with Crippen LogP contribution in [0, 0.1) is 0 Å². The molecule has 1 amide bonds. The van der Waals surface area contributed by atoms with E-state index < -0.39 is 0 Å². The van der Waals surface area contributed by atoms with Crippen LogP contribution in [0.15, 0.2) is 42.9 Å². The Bertz CT molecular complexity index is 581. The molecule has 0 aliphatic heterocycles. The SMILES string of the molecule is CC(C)NC(=O)c1ccc(NC(C)c2cnccn2)cc1. The van der Waals surface area contributed by atoms with Crippen LogP contribution in [0.4, 0.5) is 5.69 Å². The molecular formula is C16H20N4O. The summed E-state index contributed by atoms with van der Waals surface area (Å²) in [6, 6.07) is 7.58. The van der Waals surface area contributed by atoms with Crippen molar-refractivity contribution in [3.8, 4) is 0 Å². The molecule has 0 spiro atoms. The van der Waals surface area contributed by atoms with Crippen molar-refractivity contribution in [3.63, 3.8) is 0 Å². The van der Waals surface area contributed by atoms with Crippen molar-refractivity contribution >= 4 is 11.6 Å². The van der Waals surface area contributed by atoms with Gasteiger partial charge in [0.25, 0.3) is 5.91 Å². The number of nitrogens with one attached hydrogen (secondary N) is 2. The van der Waals surface area contributed by atoms with E-state index in [1.54, 1.807) is 18.6 Å². The van der Waals surface area contributed by atoms with Gasteiger partial charge >= 0.3 is 0 Å². The fraction of sp³-hybridized carbons (Fsp3) is 0.312. The molecule has 1 unspecified atom stereocenters. The fourth-order valence-corrected chi connectivity index (χ4v) is 1.92. The Labute approximate surface area is 124 Å². The first kappa shape index (κ1) is 15.0. The molecule has 0 aliphatic carbocycles. The molecule has 1 atom stereocenters. The van der Waals surface area contributed by atoms with Gasteiger partial charge in [0.2, 0.25) is 0 Å². The van der Waals surface area contributed by atoms with Crippen LogP contribution in [0.2, 0.25) is 0 Å². The molecule has 5 nitrogen and oxygen atoms in total. The Hall–Kier alpha value is -2.43. The predicted octanol–water partition coefficient (Wildman–Crippen LogP) is 2.79. The molecule has 0 radical (unpaired) electrons. The van der Waals surface area contributed by atoms with Crippen molar-refractivity contribution in [3.05, 3.63) is 54.1 Å². The van der Waals surface area contributed by atoms with E-state index in [-0.39, 0.29) is 18.0 Å². The van der Waals surface area contributed by atoms with Gasteiger partial charge < -0.3 is 10.6 Å². The summed E-state index contributed by atoms with van der Waals surface area (Å²) in [5.74, 6) is -0.0569. The lowest BCUT2D eigenvalue weighted by molar-refractivity contribution is 0.0943. The Kier molecular flexibility index (Phi) is 4.87. The zero-order valence-electron chi connectivity index (χ0n) is 12.5. The molecule has 0 saturated heterocycles. The number of rotatable bonds is 5. The number of hydrogen-bond acceptors (Lipinski definition) is 4. The normalized spacial score (nSPS) is 12.0. The van der Waals surface area contributed by atoms with Crippen LogP contribution in [-0.2, 0) is 0 Å². The van der Waals surface area contributed by atoms with Crippen molar-refractivity contribution < 1.29 is 4.79 Å². The van der Waals surface area contributed by atoms with Crippen molar-refractivity contribution in [1.82, 2.24) is 15.3 Å². The van der Waals surface area contributed by atoms with Crippen molar-refractivity contribution in [2.24, 2.45) is 0 Å². The molecule has 0 aliphatic rings. The minimum Gasteiger partial charge on any atom is -0.377 e. The molecular weight excluding hydrogens is 264 g/mol. The molecule has 110 valence electrons. The number of carbonyl (C=O) groups excluding carboxylic acids is 1. The summed E-state index contributed by atoms with van der Waals surface area (Å²) in [6.07, 6.45) is 5.06. The average Bonchev–Trinajstić information content (AvgIpc) is 2.48. The van der Waals surface area contributed by atoms with Gasteiger partial charge in [-0.1, -0.05) is 0 Å². The third-order valence-electron chi connectivity index (χ3n) is 2.98. The van der Waals surface area contributed by atoms with Gasteiger partial charge in [0.05, 0.1) is 17.9 Å². The molecule has 2 N–H and O–H groups in total. The lowest BCUT2D eigenvalue weighted by Gasteiger charge is -2.15. The quantitative estimate of drug-likeness (QED) is 0.886. The Morgan fingerprint density at radius 2 is 1.81 bits per heavy atom. The Morgan fingerprint density at radius 3 is 2.38 bits per heavy atom. The number of aromatic nitrogens is 2. The number of anilines is 1. The largest absolute Gasteiger partial charge is 0.377 e. The topological polar surface area (TPSA) is 66.9 Å². The van der Waals surface area contributed by atoms with Gasteiger partial charge in [0.1, 0.15) is 0 Å². The molecule has 1 aromatic carbocycles. The van der Waals surface area contributed by atoms with E-state index in [0.717, 1.165) is 11.4 Å². The van der Waals surface area contributed by atoms with Gasteiger partial charge in [0.15, 0.2) is 0 Å². The van der Waals surface area contributed by atoms with E-state index in [1.165, 1.54) is 0 Å². The van der Waals surface area contributed by atoms with Crippen molar-refractivity contribution in [2.75, 3.05) is 5.32 Å². The van der Waals surface area contributed by atoms with Gasteiger partial charge in [-0.2, -0.15) is 0 Å². The van der Waals surface area contributed by atoms with E-state index in [9.17, 15) is 4.79 Å². The van der Waals surface area contributed by atoms with Gasteiger partial charge in [-0.25, -0.2) is 0 Å². The van der Waals surface area contributed by atoms with Crippen molar-refractivity contribution in [1.29, 1.82) is 0 Å². The van der Waals surface area contributed by atoms with Gasteiger partial charge in [0, 0.05) is 29.7 Å². The molecule has 0 bridgehead atoms. The highest BCUT2D eigenvalue weighted by Crippen LogP contribution is 2.17. The molecule has 5 heteroatoms. The van der Waals surface area contributed by atoms with E-state index in [1.807, 2.05) is 45.0 Å². The molecule has 0 fully saturated rings. The van der Waals surface area contributed by atoms with Crippen LogP contribution < -0.4 is 10.6 Å². The Morgan fingerprint density at radius 1 is 1.10 bits per heavy atom. The third-order valence-corrected chi connectivity index (χ3v) is 2.98. The van der Waals surface area contributed by atoms with Crippen LogP contribution in [-0.4, -0.2) is 21.9 Å². The lowest BCUT2D eigenvalue weighted by Crippen LogP contribution is -2.29. The van der Waals surface area contributed by atoms with Crippen LogP contribution in [0.5, 0.6) is 0 Å². The summed E-state index contributed by atoms with van der Waals surface area (Å²) < 4.78 is 0. The minimum absolute atomic E-state index is 0.0500. The highest BCUT2D eigenvalue weighted by atomic mass is 16.1. The molecule has 21 heavy (non-hydrogen) atoms. The maximum absolute atomic E-state index is 11.9. The standard InChI is InChI=1S/C16H20N4O/c1-11(2)19-16(21)13-4-6-14(7-5-13)20-12(3)15-10-17-8-9-18-15/h4-12,20H,1-3H3,(H,19,21). The summed E-state index contributed by atoms with van der Waals surface area (Å²) in [5, 5.41) is 6.20. The number of amides is 1. The molecule has 1 heterocycles. The molecule has 2 aromatic rings. The first-order valence-corrected chi connectivity index (χ1v) is 6.99. The lowest BCUT2D eigenvalue weighted by atomic mass is 10.1. The fourth-order valence-electron chi connectivity index (χ4n) is 1.92. The number of nitrogens with zero attached hydrogens (tertiary/aromatic N) is 2. The van der Waals surface area contributed by atoms with Gasteiger partial charge in [-0.3, -0.25) is 14.8 Å². The second kappa shape index (κ2) is 6.83. The molecule has 0 saturated carbocycles. The van der Waals surface area contributed by atoms with E-state index >= 15 is 0 Å². The summed E-state index contributed by atoms with van der Waals surface area (Å²) in [5.41, 5.74) is 2.47. The number of benzene rings is 1. The summed E-state index contributed by atoms with van der Waals surface area (Å²) in [7, 11) is 0.